The molecule has 0 radical (unpaired) electrons. The van der Waals surface area contributed by atoms with E-state index < -0.39 is 0 Å². The van der Waals surface area contributed by atoms with Gasteiger partial charge in [0.25, 0.3) is 0 Å². The van der Waals surface area contributed by atoms with Crippen molar-refractivity contribution in [3.63, 3.8) is 0 Å². The van der Waals surface area contributed by atoms with E-state index >= 15 is 0 Å². The van der Waals surface area contributed by atoms with Crippen LogP contribution in [0.1, 0.15) is 22.6 Å². The average molecular weight is 290 g/mol. The van der Waals surface area contributed by atoms with Crippen LogP contribution in [0.5, 0.6) is 0 Å². The Morgan fingerprint density at radius 1 is 1.27 bits per heavy atom. The number of hydrogen-bond acceptors (Lipinski definition) is 2. The van der Waals surface area contributed by atoms with Gasteiger partial charge in [0, 0.05) is 29.3 Å². The van der Waals surface area contributed by atoms with Crippen molar-refractivity contribution < 1.29 is 4.74 Å². The fourth-order valence-electron chi connectivity index (χ4n) is 3.10. The normalized spacial score (nSPS) is 17.1. The highest BCUT2D eigenvalue weighted by atomic mass is 16.5. The van der Waals surface area contributed by atoms with Crippen LogP contribution < -0.4 is 0 Å². The van der Waals surface area contributed by atoms with Crippen LogP contribution in [-0.2, 0) is 4.74 Å². The van der Waals surface area contributed by atoms with Crippen molar-refractivity contribution >= 4 is 11.0 Å². The Bertz CT molecular complexity index is 876. The summed E-state index contributed by atoms with van der Waals surface area (Å²) in [6.45, 7) is 5.02. The Morgan fingerprint density at radius 2 is 2.18 bits per heavy atom. The van der Waals surface area contributed by atoms with E-state index in [4.69, 9.17) is 4.74 Å². The van der Waals surface area contributed by atoms with Crippen molar-refractivity contribution in [2.45, 2.75) is 19.8 Å². The fourth-order valence-corrected chi connectivity index (χ4v) is 3.10. The van der Waals surface area contributed by atoms with Gasteiger partial charge in [-0.25, -0.2) is 4.98 Å². The summed E-state index contributed by atoms with van der Waals surface area (Å²) in [5.74, 6) is 0.310. The molecule has 1 aliphatic heterocycles. The minimum Gasteiger partial charge on any atom is -0.501 e. The van der Waals surface area contributed by atoms with E-state index in [1.54, 1.807) is 6.26 Å². The third-order valence-corrected chi connectivity index (χ3v) is 4.56. The van der Waals surface area contributed by atoms with E-state index in [2.05, 4.69) is 54.2 Å². The highest BCUT2D eigenvalue weighted by Crippen LogP contribution is 2.32. The summed E-state index contributed by atoms with van der Waals surface area (Å²) in [5.41, 5.74) is 7.22. The molecule has 0 aliphatic carbocycles. The van der Waals surface area contributed by atoms with E-state index in [-0.39, 0.29) is 0 Å². The number of rotatable bonds is 2. The van der Waals surface area contributed by atoms with Crippen LogP contribution in [0.2, 0.25) is 0 Å². The summed E-state index contributed by atoms with van der Waals surface area (Å²) in [7, 11) is 0. The summed E-state index contributed by atoms with van der Waals surface area (Å²) in [6.07, 6.45) is 7.89. The first-order chi connectivity index (χ1) is 10.7. The monoisotopic (exact) mass is 290 g/mol. The number of aryl methyl sites for hydroxylation is 1. The predicted molar refractivity (Wildman–Crippen MR) is 88.8 cm³/mol. The molecule has 0 bridgehead atoms. The molecule has 3 heterocycles. The van der Waals surface area contributed by atoms with Gasteiger partial charge in [-0.2, -0.15) is 0 Å². The van der Waals surface area contributed by atoms with Gasteiger partial charge in [-0.1, -0.05) is 18.2 Å². The second kappa shape index (κ2) is 5.02. The smallest absolute Gasteiger partial charge is 0.137 e. The molecule has 0 fully saturated rings. The molecule has 1 unspecified atom stereocenters. The largest absolute Gasteiger partial charge is 0.501 e. The summed E-state index contributed by atoms with van der Waals surface area (Å²) >= 11 is 0. The van der Waals surface area contributed by atoms with E-state index in [0.29, 0.717) is 12.5 Å². The number of H-pyrrole nitrogens is 1. The fraction of sp³-hybridized carbons (Fsp3) is 0.211. The molecule has 0 spiro atoms. The Hall–Kier alpha value is -2.55. The number of nitrogens with one attached hydrogen (secondary N) is 1. The van der Waals surface area contributed by atoms with Gasteiger partial charge in [0.15, 0.2) is 0 Å². The maximum Gasteiger partial charge on any atom is 0.137 e. The molecule has 22 heavy (non-hydrogen) atoms. The molecule has 110 valence electrons. The lowest BCUT2D eigenvalue weighted by Crippen LogP contribution is -1.96. The highest BCUT2D eigenvalue weighted by Gasteiger charge is 2.18. The van der Waals surface area contributed by atoms with Crippen molar-refractivity contribution in [1.82, 2.24) is 9.97 Å². The van der Waals surface area contributed by atoms with Gasteiger partial charge in [0.2, 0.25) is 0 Å². The molecule has 0 saturated heterocycles. The van der Waals surface area contributed by atoms with Crippen LogP contribution in [0, 0.1) is 13.8 Å². The lowest BCUT2D eigenvalue weighted by Gasteiger charge is -2.10. The van der Waals surface area contributed by atoms with Crippen LogP contribution in [-0.4, -0.2) is 16.6 Å². The van der Waals surface area contributed by atoms with E-state index in [1.165, 1.54) is 27.6 Å². The molecular formula is C19H18N2O. The minimum absolute atomic E-state index is 0.310. The number of fused-ring (bicyclic) bond motifs is 1. The number of pyridine rings is 1. The lowest BCUT2D eigenvalue weighted by atomic mass is 9.96. The topological polar surface area (TPSA) is 37.9 Å². The van der Waals surface area contributed by atoms with Crippen molar-refractivity contribution in [1.29, 1.82) is 0 Å². The number of hydrogen-bond donors (Lipinski definition) is 1. The summed E-state index contributed by atoms with van der Waals surface area (Å²) in [6, 6.07) is 8.65. The Labute approximate surface area is 129 Å². The molecule has 1 N–H and O–H groups in total. The number of aromatic amines is 1. The number of ether oxygens (including phenoxy) is 1. The van der Waals surface area contributed by atoms with E-state index in [9.17, 15) is 0 Å². The molecular weight excluding hydrogens is 272 g/mol. The van der Waals surface area contributed by atoms with Crippen LogP contribution in [0.3, 0.4) is 0 Å². The van der Waals surface area contributed by atoms with Crippen molar-refractivity contribution in [3.05, 3.63) is 65.7 Å². The molecule has 4 rings (SSSR count). The molecule has 3 heteroatoms. The van der Waals surface area contributed by atoms with Gasteiger partial charge in [0.1, 0.15) is 5.65 Å². The number of benzene rings is 1. The molecule has 3 nitrogen and oxygen atoms in total. The van der Waals surface area contributed by atoms with E-state index in [1.807, 2.05) is 12.4 Å². The lowest BCUT2D eigenvalue weighted by molar-refractivity contribution is 0.270. The van der Waals surface area contributed by atoms with Crippen LogP contribution in [0.15, 0.2) is 49.0 Å². The molecule has 0 amide bonds. The first-order valence-corrected chi connectivity index (χ1v) is 7.56. The first kappa shape index (κ1) is 13.1. The Balaban J connectivity index is 1.87. The molecule has 0 saturated carbocycles. The third-order valence-electron chi connectivity index (χ3n) is 4.56. The molecule has 2 aromatic heterocycles. The van der Waals surface area contributed by atoms with Gasteiger partial charge >= 0.3 is 0 Å². The standard InChI is InChI=1S/C19H18N2O/c1-12-4-3-5-16(13(12)2)15-8-17-18(14-6-7-22-11-14)10-21-19(17)20-9-15/h3-10,14H,11H2,1-2H3,(H,20,21). The Kier molecular flexibility index (Phi) is 3.00. The van der Waals surface area contributed by atoms with Gasteiger partial charge in [-0.3, -0.25) is 0 Å². The van der Waals surface area contributed by atoms with Crippen molar-refractivity contribution in [3.8, 4) is 11.1 Å². The Morgan fingerprint density at radius 3 is 3.00 bits per heavy atom. The number of aromatic nitrogens is 2. The van der Waals surface area contributed by atoms with Gasteiger partial charge in [-0.05, 0) is 48.2 Å². The van der Waals surface area contributed by atoms with Crippen LogP contribution in [0.4, 0.5) is 0 Å². The minimum atomic E-state index is 0.310. The zero-order valence-electron chi connectivity index (χ0n) is 12.8. The first-order valence-electron chi connectivity index (χ1n) is 7.56. The molecule has 3 aromatic rings. The second-order valence-electron chi connectivity index (χ2n) is 5.88. The third kappa shape index (κ3) is 2.01. The predicted octanol–water partition coefficient (Wildman–Crippen LogP) is 4.47. The quantitative estimate of drug-likeness (QED) is 0.756. The maximum absolute atomic E-state index is 5.36. The van der Waals surface area contributed by atoms with Gasteiger partial charge in [0.05, 0.1) is 12.9 Å². The van der Waals surface area contributed by atoms with Crippen LogP contribution >= 0.6 is 0 Å². The van der Waals surface area contributed by atoms with Crippen molar-refractivity contribution in [2.24, 2.45) is 0 Å². The van der Waals surface area contributed by atoms with Gasteiger partial charge < -0.3 is 9.72 Å². The molecule has 1 aromatic carbocycles. The zero-order chi connectivity index (χ0) is 15.1. The summed E-state index contributed by atoms with van der Waals surface area (Å²) in [5, 5.41) is 1.18. The number of nitrogens with zero attached hydrogens (tertiary/aromatic N) is 1. The van der Waals surface area contributed by atoms with Gasteiger partial charge in [-0.15, -0.1) is 0 Å². The maximum atomic E-state index is 5.36. The van der Waals surface area contributed by atoms with Crippen LogP contribution in [0.25, 0.3) is 22.2 Å². The molecule has 1 atom stereocenters. The SMILES string of the molecule is Cc1cccc(-c2cnc3[nH]cc(C4C=COC4)c3c2)c1C. The second-order valence-corrected chi connectivity index (χ2v) is 5.88. The van der Waals surface area contributed by atoms with E-state index in [0.717, 1.165) is 11.2 Å². The summed E-state index contributed by atoms with van der Waals surface area (Å²) < 4.78 is 5.36. The summed E-state index contributed by atoms with van der Waals surface area (Å²) in [4.78, 5) is 7.87. The van der Waals surface area contributed by atoms with Crippen molar-refractivity contribution in [2.75, 3.05) is 6.61 Å². The molecule has 1 aliphatic rings. The average Bonchev–Trinajstić information content (AvgIpc) is 3.18. The zero-order valence-corrected chi connectivity index (χ0v) is 12.8. The highest BCUT2D eigenvalue weighted by molar-refractivity contribution is 5.86.